The van der Waals surface area contributed by atoms with Crippen molar-refractivity contribution in [2.24, 2.45) is 5.92 Å². The van der Waals surface area contributed by atoms with Gasteiger partial charge in [-0.15, -0.1) is 0 Å². The van der Waals surface area contributed by atoms with Crippen molar-refractivity contribution in [1.29, 1.82) is 0 Å². The van der Waals surface area contributed by atoms with Gasteiger partial charge in [0.1, 0.15) is 5.69 Å². The number of rotatable bonds is 5. The topological polar surface area (TPSA) is 49.0 Å². The van der Waals surface area contributed by atoms with Crippen LogP contribution in [0.25, 0.3) is 0 Å². The fourth-order valence-corrected chi connectivity index (χ4v) is 2.98. The monoisotopic (exact) mass is 371 g/mol. The Morgan fingerprint density at radius 3 is 2.60 bits per heavy atom. The summed E-state index contributed by atoms with van der Waals surface area (Å²) in [5.41, 5.74) is -0.511. The number of carbonyl (C=O) groups excluding carboxylic acids is 1. The van der Waals surface area contributed by atoms with Gasteiger partial charge in [0.05, 0.1) is 0 Å². The van der Waals surface area contributed by atoms with E-state index in [1.807, 2.05) is 6.07 Å². The van der Waals surface area contributed by atoms with E-state index in [4.69, 9.17) is 11.6 Å². The normalized spacial score (nSPS) is 15.0. The van der Waals surface area contributed by atoms with Gasteiger partial charge in [0, 0.05) is 24.2 Å². The van der Waals surface area contributed by atoms with Crippen molar-refractivity contribution in [2.75, 3.05) is 6.54 Å². The summed E-state index contributed by atoms with van der Waals surface area (Å²) in [7, 11) is 0. The highest BCUT2D eigenvalue weighted by molar-refractivity contribution is 6.31. The second-order valence-corrected chi connectivity index (χ2v) is 6.65. The number of carbonyl (C=O) groups is 1. The van der Waals surface area contributed by atoms with Crippen molar-refractivity contribution in [3.05, 3.63) is 52.3 Å². The number of alkyl halides is 3. The van der Waals surface area contributed by atoms with E-state index in [0.717, 1.165) is 30.9 Å². The van der Waals surface area contributed by atoms with Gasteiger partial charge in [-0.2, -0.15) is 18.3 Å². The predicted octanol–water partition coefficient (Wildman–Crippen LogP) is 4.52. The lowest BCUT2D eigenvalue weighted by atomic mass is 9.85. The number of H-pyrrole nitrogens is 1. The minimum Gasteiger partial charge on any atom is -0.333 e. The molecule has 1 aliphatic rings. The second kappa shape index (κ2) is 7.07. The molecule has 3 rings (SSSR count). The van der Waals surface area contributed by atoms with Crippen LogP contribution in [0.15, 0.2) is 30.3 Å². The van der Waals surface area contributed by atoms with Gasteiger partial charge in [0.25, 0.3) is 5.91 Å². The average Bonchev–Trinajstić information content (AvgIpc) is 3.01. The quantitative estimate of drug-likeness (QED) is 0.839. The molecule has 0 saturated heterocycles. The van der Waals surface area contributed by atoms with Crippen LogP contribution in [0.5, 0.6) is 0 Å². The molecule has 1 saturated carbocycles. The molecule has 25 heavy (non-hydrogen) atoms. The smallest absolute Gasteiger partial charge is 0.333 e. The molecule has 0 radical (unpaired) electrons. The molecule has 1 aromatic carbocycles. The number of benzene rings is 1. The SMILES string of the molecule is O=C(c1cc(C(F)(F)F)n[nH]1)N(Cc1ccccc1Cl)CC1CCC1. The number of nitrogens with zero attached hydrogens (tertiary/aromatic N) is 2. The van der Waals surface area contributed by atoms with Gasteiger partial charge < -0.3 is 4.90 Å². The number of halogens is 4. The summed E-state index contributed by atoms with van der Waals surface area (Å²) in [6, 6.07) is 7.88. The highest BCUT2D eigenvalue weighted by atomic mass is 35.5. The van der Waals surface area contributed by atoms with E-state index in [0.29, 0.717) is 17.5 Å². The van der Waals surface area contributed by atoms with Crippen LogP contribution >= 0.6 is 11.6 Å². The first-order valence-electron chi connectivity index (χ1n) is 8.00. The Hall–Kier alpha value is -2.02. The Labute approximate surface area is 148 Å². The molecule has 4 nitrogen and oxygen atoms in total. The van der Waals surface area contributed by atoms with Gasteiger partial charge in [-0.05, 0) is 30.4 Å². The summed E-state index contributed by atoms with van der Waals surface area (Å²) < 4.78 is 38.1. The molecule has 1 N–H and O–H groups in total. The van der Waals surface area contributed by atoms with E-state index in [2.05, 4.69) is 10.2 Å². The molecule has 0 aliphatic heterocycles. The fourth-order valence-electron chi connectivity index (χ4n) is 2.79. The van der Waals surface area contributed by atoms with Gasteiger partial charge in [-0.3, -0.25) is 9.89 Å². The van der Waals surface area contributed by atoms with Crippen LogP contribution in [-0.4, -0.2) is 27.5 Å². The highest BCUT2D eigenvalue weighted by Gasteiger charge is 2.35. The van der Waals surface area contributed by atoms with Gasteiger partial charge >= 0.3 is 6.18 Å². The zero-order valence-corrected chi connectivity index (χ0v) is 14.1. The summed E-state index contributed by atoms with van der Waals surface area (Å²) in [6.45, 7) is 0.736. The Balaban J connectivity index is 1.81. The summed E-state index contributed by atoms with van der Waals surface area (Å²) in [4.78, 5) is 14.3. The molecule has 0 bridgehead atoms. The highest BCUT2D eigenvalue weighted by Crippen LogP contribution is 2.30. The van der Waals surface area contributed by atoms with Crippen LogP contribution in [0.2, 0.25) is 5.02 Å². The van der Waals surface area contributed by atoms with Crippen molar-refractivity contribution >= 4 is 17.5 Å². The lowest BCUT2D eigenvalue weighted by Gasteiger charge is -2.32. The lowest BCUT2D eigenvalue weighted by Crippen LogP contribution is -2.37. The molecule has 1 fully saturated rings. The summed E-state index contributed by atoms with van der Waals surface area (Å²) >= 11 is 6.16. The van der Waals surface area contributed by atoms with Crippen LogP contribution in [0.1, 0.15) is 41.0 Å². The molecule has 2 aromatic rings. The summed E-state index contributed by atoms with van der Waals surface area (Å²) in [5, 5.41) is 5.94. The van der Waals surface area contributed by atoms with Crippen LogP contribution < -0.4 is 0 Å². The molecule has 1 heterocycles. The van der Waals surface area contributed by atoms with Crippen molar-refractivity contribution in [2.45, 2.75) is 32.0 Å². The third kappa shape index (κ3) is 4.15. The fraction of sp³-hybridized carbons (Fsp3) is 0.412. The second-order valence-electron chi connectivity index (χ2n) is 6.24. The minimum atomic E-state index is -4.59. The van der Waals surface area contributed by atoms with E-state index < -0.39 is 17.8 Å². The van der Waals surface area contributed by atoms with E-state index in [1.165, 1.54) is 0 Å². The number of nitrogens with one attached hydrogen (secondary N) is 1. The van der Waals surface area contributed by atoms with E-state index in [-0.39, 0.29) is 12.2 Å². The molecule has 1 amide bonds. The number of aromatic amines is 1. The molecule has 1 aliphatic carbocycles. The molecule has 1 aromatic heterocycles. The van der Waals surface area contributed by atoms with Gasteiger partial charge in [0.2, 0.25) is 0 Å². The van der Waals surface area contributed by atoms with Crippen LogP contribution in [-0.2, 0) is 12.7 Å². The van der Waals surface area contributed by atoms with Gasteiger partial charge in [-0.1, -0.05) is 36.2 Å². The maximum absolute atomic E-state index is 12.7. The van der Waals surface area contributed by atoms with Crippen molar-refractivity contribution in [1.82, 2.24) is 15.1 Å². The molecule has 0 unspecified atom stereocenters. The third-order valence-corrected chi connectivity index (χ3v) is 4.78. The molecule has 8 heteroatoms. The first-order chi connectivity index (χ1) is 11.8. The van der Waals surface area contributed by atoms with Crippen LogP contribution in [0, 0.1) is 5.92 Å². The summed E-state index contributed by atoms with van der Waals surface area (Å²) in [6.07, 6.45) is -1.44. The Kier molecular flexibility index (Phi) is 5.03. The zero-order valence-electron chi connectivity index (χ0n) is 13.3. The van der Waals surface area contributed by atoms with E-state index >= 15 is 0 Å². The van der Waals surface area contributed by atoms with Crippen LogP contribution in [0.3, 0.4) is 0 Å². The first-order valence-corrected chi connectivity index (χ1v) is 8.37. The number of hydrogen-bond acceptors (Lipinski definition) is 2. The molecular formula is C17H17ClF3N3O. The van der Waals surface area contributed by atoms with Crippen molar-refractivity contribution in [3.8, 4) is 0 Å². The minimum absolute atomic E-state index is 0.168. The number of hydrogen-bond donors (Lipinski definition) is 1. The Morgan fingerprint density at radius 2 is 2.04 bits per heavy atom. The molecule has 0 spiro atoms. The predicted molar refractivity (Wildman–Crippen MR) is 87.1 cm³/mol. The van der Waals surface area contributed by atoms with E-state index in [1.54, 1.807) is 23.1 Å². The third-order valence-electron chi connectivity index (χ3n) is 4.41. The first kappa shape index (κ1) is 17.8. The molecule has 134 valence electrons. The van der Waals surface area contributed by atoms with E-state index in [9.17, 15) is 18.0 Å². The standard InChI is InChI=1S/C17H17ClF3N3O/c18-13-7-2-1-6-12(13)10-24(9-11-4-3-5-11)16(25)14-8-15(23-22-14)17(19,20)21/h1-2,6-8,11H,3-5,9-10H2,(H,22,23). The average molecular weight is 372 g/mol. The molecule has 0 atom stereocenters. The van der Waals surface area contributed by atoms with Gasteiger partial charge in [0.15, 0.2) is 5.69 Å². The Morgan fingerprint density at radius 1 is 1.32 bits per heavy atom. The molecular weight excluding hydrogens is 355 g/mol. The van der Waals surface area contributed by atoms with Crippen molar-refractivity contribution < 1.29 is 18.0 Å². The van der Waals surface area contributed by atoms with Gasteiger partial charge in [-0.25, -0.2) is 0 Å². The largest absolute Gasteiger partial charge is 0.435 e. The maximum atomic E-state index is 12.7. The number of amides is 1. The zero-order chi connectivity index (χ0) is 18.0. The Bertz CT molecular complexity index is 756. The van der Waals surface area contributed by atoms with Crippen molar-refractivity contribution in [3.63, 3.8) is 0 Å². The lowest BCUT2D eigenvalue weighted by molar-refractivity contribution is -0.141. The van der Waals surface area contributed by atoms with Crippen LogP contribution in [0.4, 0.5) is 13.2 Å². The maximum Gasteiger partial charge on any atom is 0.435 e. The number of aromatic nitrogens is 2. The summed E-state index contributed by atoms with van der Waals surface area (Å²) in [5.74, 6) is -0.133.